The van der Waals surface area contributed by atoms with Gasteiger partial charge in [0.25, 0.3) is 0 Å². The summed E-state index contributed by atoms with van der Waals surface area (Å²) in [5, 5.41) is 19.6. The van der Waals surface area contributed by atoms with Gasteiger partial charge in [-0.1, -0.05) is 27.2 Å². The van der Waals surface area contributed by atoms with E-state index in [9.17, 15) is 0 Å². The van der Waals surface area contributed by atoms with Gasteiger partial charge in [-0.3, -0.25) is 5.32 Å². The Hall–Kier alpha value is -0.120. The lowest BCUT2D eigenvalue weighted by molar-refractivity contribution is 0.0684. The van der Waals surface area contributed by atoms with E-state index in [1.165, 1.54) is 6.42 Å². The van der Waals surface area contributed by atoms with Crippen molar-refractivity contribution in [3.05, 3.63) is 0 Å². The summed E-state index contributed by atoms with van der Waals surface area (Å²) in [6.45, 7) is 6.79. The molecule has 0 aromatic rings. The maximum Gasteiger partial charge on any atom is 0.128 e. The summed E-state index contributed by atoms with van der Waals surface area (Å²) in [4.78, 5) is 0. The zero-order chi connectivity index (χ0) is 9.11. The van der Waals surface area contributed by atoms with Gasteiger partial charge in [0.2, 0.25) is 0 Å². The fraction of sp³-hybridized carbons (Fsp3) is 1.00. The predicted octanol–water partition coefficient (Wildman–Crippen LogP) is 0.713. The van der Waals surface area contributed by atoms with Crippen molar-refractivity contribution in [2.75, 3.05) is 13.2 Å². The summed E-state index contributed by atoms with van der Waals surface area (Å²) in [5.41, 5.74) is 0. The van der Waals surface area contributed by atoms with Gasteiger partial charge in [0, 0.05) is 0 Å². The molecule has 0 rings (SSSR count). The highest BCUT2D eigenvalue weighted by atomic mass is 16.3. The first-order chi connectivity index (χ1) is 5.22. The molecule has 0 aliphatic rings. The highest BCUT2D eigenvalue weighted by molar-refractivity contribution is 4.47. The van der Waals surface area contributed by atoms with Crippen LogP contribution in [0.2, 0.25) is 0 Å². The number of hydrogen-bond acceptors (Lipinski definition) is 3. The Kier molecular flexibility index (Phi) is 15.4. The van der Waals surface area contributed by atoms with E-state index in [1.54, 1.807) is 0 Å². The Balaban J connectivity index is 0. The molecular formula is C8H21NO2. The van der Waals surface area contributed by atoms with Gasteiger partial charge in [0.1, 0.15) is 6.23 Å². The van der Waals surface area contributed by atoms with E-state index in [4.69, 9.17) is 10.2 Å². The van der Waals surface area contributed by atoms with Crippen LogP contribution in [0.1, 0.15) is 33.6 Å². The molecule has 0 radical (unpaired) electrons. The molecule has 0 saturated carbocycles. The molecule has 0 spiro atoms. The Bertz CT molecular complexity index is 60.1. The van der Waals surface area contributed by atoms with Crippen molar-refractivity contribution in [3.63, 3.8) is 0 Å². The van der Waals surface area contributed by atoms with E-state index in [1.807, 2.05) is 6.92 Å². The third kappa shape index (κ3) is 17.7. The maximum absolute atomic E-state index is 8.63. The van der Waals surface area contributed by atoms with E-state index < -0.39 is 6.23 Å². The van der Waals surface area contributed by atoms with Crippen LogP contribution in [-0.2, 0) is 0 Å². The zero-order valence-corrected chi connectivity index (χ0v) is 7.80. The SMILES string of the molecule is CCC.CCCNC(O)CO. The minimum Gasteiger partial charge on any atom is -0.392 e. The topological polar surface area (TPSA) is 52.5 Å². The molecular weight excluding hydrogens is 142 g/mol. The van der Waals surface area contributed by atoms with Gasteiger partial charge in [0.05, 0.1) is 6.61 Å². The molecule has 0 heterocycles. The Labute approximate surface area is 69.4 Å². The molecule has 70 valence electrons. The molecule has 1 unspecified atom stereocenters. The van der Waals surface area contributed by atoms with E-state index in [2.05, 4.69) is 19.2 Å². The van der Waals surface area contributed by atoms with Crippen LogP contribution in [0.3, 0.4) is 0 Å². The molecule has 11 heavy (non-hydrogen) atoms. The summed E-state index contributed by atoms with van der Waals surface area (Å²) in [6, 6.07) is 0. The first-order valence-electron chi connectivity index (χ1n) is 4.25. The molecule has 0 amide bonds. The second-order valence-corrected chi connectivity index (χ2v) is 2.36. The van der Waals surface area contributed by atoms with Crippen molar-refractivity contribution in [2.45, 2.75) is 39.8 Å². The highest BCUT2D eigenvalue weighted by Gasteiger charge is 1.95. The predicted molar refractivity (Wildman–Crippen MR) is 47.4 cm³/mol. The smallest absolute Gasteiger partial charge is 0.128 e. The third-order valence-corrected chi connectivity index (χ3v) is 0.803. The van der Waals surface area contributed by atoms with Crippen LogP contribution in [0.15, 0.2) is 0 Å². The van der Waals surface area contributed by atoms with Crippen LogP contribution in [0.4, 0.5) is 0 Å². The summed E-state index contributed by atoms with van der Waals surface area (Å²) in [6.07, 6.45) is 1.48. The zero-order valence-electron chi connectivity index (χ0n) is 7.80. The van der Waals surface area contributed by atoms with Gasteiger partial charge in [-0.25, -0.2) is 0 Å². The molecule has 3 heteroatoms. The molecule has 3 nitrogen and oxygen atoms in total. The number of rotatable bonds is 4. The number of aliphatic hydroxyl groups excluding tert-OH is 2. The lowest BCUT2D eigenvalue weighted by Crippen LogP contribution is -2.32. The molecule has 0 aromatic heterocycles. The van der Waals surface area contributed by atoms with Crippen LogP contribution in [0, 0.1) is 0 Å². The summed E-state index contributed by atoms with van der Waals surface area (Å²) in [7, 11) is 0. The normalized spacial score (nSPS) is 11.7. The van der Waals surface area contributed by atoms with Crippen LogP contribution < -0.4 is 5.32 Å². The van der Waals surface area contributed by atoms with E-state index in [0.29, 0.717) is 0 Å². The van der Waals surface area contributed by atoms with Crippen molar-refractivity contribution in [2.24, 2.45) is 0 Å². The minimum absolute atomic E-state index is 0.208. The summed E-state index contributed by atoms with van der Waals surface area (Å²) >= 11 is 0. The van der Waals surface area contributed by atoms with Crippen LogP contribution in [0.25, 0.3) is 0 Å². The fourth-order valence-corrected chi connectivity index (χ4v) is 0.375. The Morgan fingerprint density at radius 2 is 1.73 bits per heavy atom. The van der Waals surface area contributed by atoms with Crippen molar-refractivity contribution >= 4 is 0 Å². The standard InChI is InChI=1S/C5H13NO2.C3H8/c1-2-3-6-5(8)4-7;1-3-2/h5-8H,2-4H2,1H3;3H2,1-2H3. The van der Waals surface area contributed by atoms with E-state index in [0.717, 1.165) is 13.0 Å². The Morgan fingerprint density at radius 1 is 1.27 bits per heavy atom. The van der Waals surface area contributed by atoms with Gasteiger partial charge in [-0.05, 0) is 13.0 Å². The lowest BCUT2D eigenvalue weighted by atomic mass is 10.4. The van der Waals surface area contributed by atoms with Crippen LogP contribution in [0.5, 0.6) is 0 Å². The van der Waals surface area contributed by atoms with Crippen molar-refractivity contribution in [1.82, 2.24) is 5.32 Å². The second-order valence-electron chi connectivity index (χ2n) is 2.36. The fourth-order valence-electron chi connectivity index (χ4n) is 0.375. The summed E-state index contributed by atoms with van der Waals surface area (Å²) < 4.78 is 0. The second kappa shape index (κ2) is 12.5. The highest BCUT2D eigenvalue weighted by Crippen LogP contribution is 1.74. The van der Waals surface area contributed by atoms with E-state index in [-0.39, 0.29) is 6.61 Å². The molecule has 1 atom stereocenters. The lowest BCUT2D eigenvalue weighted by Gasteiger charge is -2.06. The largest absolute Gasteiger partial charge is 0.392 e. The maximum atomic E-state index is 8.63. The molecule has 0 aliphatic heterocycles. The molecule has 3 N–H and O–H groups in total. The average molecular weight is 163 g/mol. The first kappa shape index (κ1) is 13.5. The van der Waals surface area contributed by atoms with E-state index >= 15 is 0 Å². The van der Waals surface area contributed by atoms with Gasteiger partial charge >= 0.3 is 0 Å². The Morgan fingerprint density at radius 3 is 2.00 bits per heavy atom. The van der Waals surface area contributed by atoms with Crippen LogP contribution in [-0.4, -0.2) is 29.6 Å². The number of nitrogens with one attached hydrogen (secondary N) is 1. The molecule has 0 aliphatic carbocycles. The minimum atomic E-state index is -0.741. The van der Waals surface area contributed by atoms with Gasteiger partial charge < -0.3 is 10.2 Å². The van der Waals surface area contributed by atoms with Crippen molar-refractivity contribution in [1.29, 1.82) is 0 Å². The number of hydrogen-bond donors (Lipinski definition) is 3. The molecule has 0 saturated heterocycles. The van der Waals surface area contributed by atoms with Crippen molar-refractivity contribution < 1.29 is 10.2 Å². The quantitative estimate of drug-likeness (QED) is 0.535. The van der Waals surface area contributed by atoms with Gasteiger partial charge in [-0.2, -0.15) is 0 Å². The first-order valence-corrected chi connectivity index (χ1v) is 4.25. The van der Waals surface area contributed by atoms with Crippen molar-refractivity contribution in [3.8, 4) is 0 Å². The average Bonchev–Trinajstić information content (AvgIpc) is 2.02. The monoisotopic (exact) mass is 163 g/mol. The van der Waals surface area contributed by atoms with Crippen LogP contribution >= 0.6 is 0 Å². The molecule has 0 aromatic carbocycles. The third-order valence-electron chi connectivity index (χ3n) is 0.803. The van der Waals surface area contributed by atoms with Gasteiger partial charge in [0.15, 0.2) is 0 Å². The number of aliphatic hydroxyl groups is 2. The molecule has 0 bridgehead atoms. The summed E-state index contributed by atoms with van der Waals surface area (Å²) in [5.74, 6) is 0. The molecule has 0 fully saturated rings. The van der Waals surface area contributed by atoms with Gasteiger partial charge in [-0.15, -0.1) is 0 Å².